The predicted octanol–water partition coefficient (Wildman–Crippen LogP) is 3.17. The van der Waals surface area contributed by atoms with Gasteiger partial charge in [-0.15, -0.1) is 0 Å². The van der Waals surface area contributed by atoms with E-state index < -0.39 is 0 Å². The van der Waals surface area contributed by atoms with Crippen LogP contribution in [0.4, 0.5) is 0 Å². The predicted molar refractivity (Wildman–Crippen MR) is 77.3 cm³/mol. The number of ether oxygens (including phenoxy) is 1. The largest absolute Gasteiger partial charge is 0.378 e. The molecule has 1 aliphatic heterocycles. The lowest BCUT2D eigenvalue weighted by molar-refractivity contribution is -0.131. The summed E-state index contributed by atoms with van der Waals surface area (Å²) < 4.78 is 5.64. The number of likely N-dealkylation sites (N-methyl/N-ethyl adjacent to an activating group) is 1. The number of hydrogen-bond acceptors (Lipinski definition) is 3. The third-order valence-electron chi connectivity index (χ3n) is 5.02. The summed E-state index contributed by atoms with van der Waals surface area (Å²) in [5.74, 6) is 0.454. The molecule has 19 heavy (non-hydrogen) atoms. The Labute approximate surface area is 117 Å². The normalized spacial score (nSPS) is 27.4. The van der Waals surface area contributed by atoms with E-state index in [1.807, 2.05) is 0 Å². The summed E-state index contributed by atoms with van der Waals surface area (Å²) >= 11 is 0. The lowest BCUT2D eigenvalue weighted by Crippen LogP contribution is -2.51. The first-order valence-electron chi connectivity index (χ1n) is 7.97. The third-order valence-corrected chi connectivity index (χ3v) is 5.02. The Kier molecular flexibility index (Phi) is 5.40. The number of Topliss-reactive ketones (excluding diaryl/α,β-unsaturated/α-hetero) is 1. The average Bonchev–Trinajstić information content (AvgIpc) is 2.78. The highest BCUT2D eigenvalue weighted by Crippen LogP contribution is 2.33. The zero-order chi connectivity index (χ0) is 13.7. The molecule has 1 unspecified atom stereocenters. The molecule has 2 aliphatic rings. The van der Waals surface area contributed by atoms with Gasteiger partial charge in [-0.05, 0) is 46.2 Å². The lowest BCUT2D eigenvalue weighted by Gasteiger charge is -2.38. The Bertz CT molecular complexity index is 287. The molecule has 0 aromatic heterocycles. The highest BCUT2D eigenvalue weighted by atomic mass is 16.5. The molecule has 3 nitrogen and oxygen atoms in total. The molecule has 1 aliphatic carbocycles. The molecule has 1 saturated carbocycles. The Morgan fingerprint density at radius 3 is 2.37 bits per heavy atom. The zero-order valence-corrected chi connectivity index (χ0v) is 12.6. The van der Waals surface area contributed by atoms with Crippen LogP contribution in [0.25, 0.3) is 0 Å². The van der Waals surface area contributed by atoms with Gasteiger partial charge in [0.25, 0.3) is 0 Å². The Morgan fingerprint density at radius 1 is 1.16 bits per heavy atom. The lowest BCUT2D eigenvalue weighted by atomic mass is 9.82. The van der Waals surface area contributed by atoms with E-state index in [0.29, 0.717) is 18.3 Å². The smallest absolute Gasteiger partial charge is 0.153 e. The van der Waals surface area contributed by atoms with Crippen LogP contribution in [0.5, 0.6) is 0 Å². The molecular weight excluding hydrogens is 238 g/mol. The first-order chi connectivity index (χ1) is 9.15. The van der Waals surface area contributed by atoms with Crippen molar-refractivity contribution >= 4 is 5.78 Å². The minimum Gasteiger partial charge on any atom is -0.378 e. The van der Waals surface area contributed by atoms with Gasteiger partial charge in [0.05, 0.1) is 11.6 Å². The highest BCUT2D eigenvalue weighted by molar-refractivity contribution is 5.88. The molecule has 1 atom stereocenters. The van der Waals surface area contributed by atoms with Crippen molar-refractivity contribution in [1.29, 1.82) is 0 Å². The molecule has 110 valence electrons. The van der Waals surface area contributed by atoms with Crippen molar-refractivity contribution in [3.63, 3.8) is 0 Å². The van der Waals surface area contributed by atoms with Crippen molar-refractivity contribution in [1.82, 2.24) is 4.90 Å². The summed E-state index contributed by atoms with van der Waals surface area (Å²) in [4.78, 5) is 15.0. The van der Waals surface area contributed by atoms with Gasteiger partial charge in [-0.2, -0.15) is 0 Å². The van der Waals surface area contributed by atoms with Crippen LogP contribution in [0.15, 0.2) is 0 Å². The fourth-order valence-electron chi connectivity index (χ4n) is 3.69. The number of hydrogen-bond donors (Lipinski definition) is 0. The Balaban J connectivity index is 1.94. The maximum Gasteiger partial charge on any atom is 0.153 e. The molecule has 1 saturated heterocycles. The summed E-state index contributed by atoms with van der Waals surface area (Å²) in [6, 6.07) is 0. The second kappa shape index (κ2) is 6.85. The summed E-state index contributed by atoms with van der Waals surface area (Å²) in [6.07, 6.45) is 11.3. The van der Waals surface area contributed by atoms with Crippen molar-refractivity contribution < 1.29 is 9.53 Å². The van der Waals surface area contributed by atoms with Crippen molar-refractivity contribution in [2.45, 2.75) is 75.9 Å². The summed E-state index contributed by atoms with van der Waals surface area (Å²) in [5, 5.41) is 0. The number of nitrogens with zero attached hydrogens (tertiary/aromatic N) is 1. The molecule has 3 heteroatoms. The summed E-state index contributed by atoms with van der Waals surface area (Å²) in [7, 11) is 4.16. The molecule has 2 fully saturated rings. The second-order valence-corrected chi connectivity index (χ2v) is 6.44. The molecule has 0 spiro atoms. The van der Waals surface area contributed by atoms with Crippen molar-refractivity contribution in [3.8, 4) is 0 Å². The van der Waals surface area contributed by atoms with Gasteiger partial charge in [0, 0.05) is 13.0 Å². The average molecular weight is 267 g/mol. The van der Waals surface area contributed by atoms with Crippen molar-refractivity contribution in [2.75, 3.05) is 20.7 Å². The number of ketones is 1. The van der Waals surface area contributed by atoms with Gasteiger partial charge in [0.1, 0.15) is 0 Å². The monoisotopic (exact) mass is 267 g/mol. The van der Waals surface area contributed by atoms with Gasteiger partial charge in [0.2, 0.25) is 0 Å². The first-order valence-corrected chi connectivity index (χ1v) is 7.97. The van der Waals surface area contributed by atoms with Gasteiger partial charge < -0.3 is 4.74 Å². The van der Waals surface area contributed by atoms with Gasteiger partial charge in [-0.3, -0.25) is 9.69 Å². The molecule has 0 bridgehead atoms. The van der Waals surface area contributed by atoms with Crippen LogP contribution in [0.2, 0.25) is 0 Å². The van der Waals surface area contributed by atoms with E-state index in [4.69, 9.17) is 4.74 Å². The van der Waals surface area contributed by atoms with Gasteiger partial charge >= 0.3 is 0 Å². The van der Waals surface area contributed by atoms with E-state index in [1.165, 1.54) is 25.7 Å². The molecule has 0 aromatic carbocycles. The zero-order valence-electron chi connectivity index (χ0n) is 12.6. The minimum atomic E-state index is -0.185. The molecular formula is C16H29NO2. The van der Waals surface area contributed by atoms with Crippen LogP contribution in [0.3, 0.4) is 0 Å². The Hall–Kier alpha value is -0.410. The number of carbonyl (C=O) groups excluding carboxylic acids is 1. The van der Waals surface area contributed by atoms with Crippen LogP contribution in [-0.2, 0) is 9.53 Å². The van der Waals surface area contributed by atoms with Crippen LogP contribution in [0.1, 0.15) is 64.2 Å². The maximum atomic E-state index is 12.8. The van der Waals surface area contributed by atoms with E-state index in [-0.39, 0.29) is 5.54 Å². The highest BCUT2D eigenvalue weighted by Gasteiger charge is 2.39. The fourth-order valence-corrected chi connectivity index (χ4v) is 3.69. The summed E-state index contributed by atoms with van der Waals surface area (Å²) in [6.45, 7) is 0.887. The number of carbonyl (C=O) groups is 1. The van der Waals surface area contributed by atoms with Gasteiger partial charge in [-0.1, -0.05) is 25.7 Å². The SMILES string of the molecule is CN(C)C1(C(=O)CCC2CCCO2)CCCCCC1. The van der Waals surface area contributed by atoms with Crippen LogP contribution >= 0.6 is 0 Å². The second-order valence-electron chi connectivity index (χ2n) is 6.44. The topological polar surface area (TPSA) is 29.5 Å². The quantitative estimate of drug-likeness (QED) is 0.717. The molecule has 0 N–H and O–H groups in total. The minimum absolute atomic E-state index is 0.185. The van der Waals surface area contributed by atoms with Gasteiger partial charge in [0.15, 0.2) is 5.78 Å². The van der Waals surface area contributed by atoms with E-state index in [9.17, 15) is 4.79 Å². The van der Waals surface area contributed by atoms with Gasteiger partial charge in [-0.25, -0.2) is 0 Å². The van der Waals surface area contributed by atoms with E-state index in [0.717, 1.165) is 38.7 Å². The van der Waals surface area contributed by atoms with E-state index in [2.05, 4.69) is 19.0 Å². The van der Waals surface area contributed by atoms with Crippen LogP contribution in [-0.4, -0.2) is 43.0 Å². The van der Waals surface area contributed by atoms with Crippen LogP contribution in [0, 0.1) is 0 Å². The molecule has 2 rings (SSSR count). The summed E-state index contributed by atoms with van der Waals surface area (Å²) in [5.41, 5.74) is -0.185. The first kappa shape index (κ1) is 15.0. The van der Waals surface area contributed by atoms with Crippen molar-refractivity contribution in [3.05, 3.63) is 0 Å². The molecule has 0 aromatic rings. The molecule has 1 heterocycles. The molecule has 0 amide bonds. The molecule has 0 radical (unpaired) electrons. The third kappa shape index (κ3) is 3.57. The fraction of sp³-hybridized carbons (Fsp3) is 0.938. The standard InChI is InChI=1S/C16H29NO2/c1-17(2)16(11-5-3-4-6-12-16)15(18)10-9-14-8-7-13-19-14/h14H,3-13H2,1-2H3. The van der Waals surface area contributed by atoms with Crippen LogP contribution < -0.4 is 0 Å². The van der Waals surface area contributed by atoms with Crippen molar-refractivity contribution in [2.24, 2.45) is 0 Å². The maximum absolute atomic E-state index is 12.8. The van der Waals surface area contributed by atoms with E-state index >= 15 is 0 Å². The van der Waals surface area contributed by atoms with E-state index in [1.54, 1.807) is 0 Å². The Morgan fingerprint density at radius 2 is 1.84 bits per heavy atom. The number of rotatable bonds is 5.